The Bertz CT molecular complexity index is 377. The van der Waals surface area contributed by atoms with E-state index >= 15 is 0 Å². The normalized spacial score (nSPS) is 38.9. The van der Waals surface area contributed by atoms with E-state index < -0.39 is 6.08 Å². The zero-order chi connectivity index (χ0) is 8.18. The van der Waals surface area contributed by atoms with E-state index in [9.17, 15) is 0 Å². The molecule has 2 heteroatoms. The molecule has 0 bridgehead atoms. The molecule has 0 saturated carbocycles. The van der Waals surface area contributed by atoms with Crippen LogP contribution in [0.4, 0.5) is 0 Å². The lowest BCUT2D eigenvalue weighted by Crippen LogP contribution is -1.96. The molecule has 2 heterocycles. The van der Waals surface area contributed by atoms with E-state index in [0.717, 1.165) is 11.3 Å². The summed E-state index contributed by atoms with van der Waals surface area (Å²) in [4.78, 5) is 4.15. The van der Waals surface area contributed by atoms with Crippen molar-refractivity contribution in [3.05, 3.63) is 35.7 Å². The van der Waals surface area contributed by atoms with Gasteiger partial charge in [0.1, 0.15) is 12.2 Å². The van der Waals surface area contributed by atoms with E-state index in [2.05, 4.69) is 4.98 Å². The highest BCUT2D eigenvalue weighted by Gasteiger charge is 2.41. The number of fused-ring (bicyclic) bond motifs is 3. The van der Waals surface area contributed by atoms with Gasteiger partial charge in [0.15, 0.2) is 0 Å². The molecule has 0 amide bonds. The van der Waals surface area contributed by atoms with Crippen LogP contribution in [0.2, 0.25) is 0 Å². The van der Waals surface area contributed by atoms with Crippen LogP contribution in [-0.2, 0) is 4.74 Å². The van der Waals surface area contributed by atoms with E-state index in [1.807, 2.05) is 24.3 Å². The van der Waals surface area contributed by atoms with Crippen molar-refractivity contribution in [2.24, 2.45) is 0 Å². The smallest absolute Gasteiger partial charge is 0.115 e. The molecule has 2 aliphatic rings. The topological polar surface area (TPSA) is 25.4 Å². The van der Waals surface area contributed by atoms with Gasteiger partial charge >= 0.3 is 0 Å². The van der Waals surface area contributed by atoms with E-state index in [-0.39, 0.29) is 6.10 Å². The lowest BCUT2D eigenvalue weighted by atomic mass is 10.0. The third kappa shape index (κ3) is 0.672. The Morgan fingerprint density at radius 1 is 1.64 bits per heavy atom. The molecule has 2 atom stereocenters. The van der Waals surface area contributed by atoms with Crippen molar-refractivity contribution < 1.29 is 6.11 Å². The van der Waals surface area contributed by atoms with Crippen LogP contribution in [0.25, 0.3) is 6.08 Å². The van der Waals surface area contributed by atoms with Gasteiger partial charge < -0.3 is 4.74 Å². The quantitative estimate of drug-likeness (QED) is 0.519. The van der Waals surface area contributed by atoms with Crippen LogP contribution in [0.1, 0.15) is 18.7 Å². The molecule has 54 valence electrons. The Hall–Kier alpha value is -1.15. The molecule has 2 unspecified atom stereocenters. The molecular weight excluding hydrogens is 138 g/mol. The number of rotatable bonds is 0. The van der Waals surface area contributed by atoms with Gasteiger partial charge in [-0.3, -0.25) is 4.98 Å². The van der Waals surface area contributed by atoms with Crippen molar-refractivity contribution in [2.75, 3.05) is 0 Å². The Morgan fingerprint density at radius 3 is 3.64 bits per heavy atom. The highest BCUT2D eigenvalue weighted by atomic mass is 16.6. The van der Waals surface area contributed by atoms with Crippen LogP contribution in [-0.4, -0.2) is 11.1 Å². The second-order valence-corrected chi connectivity index (χ2v) is 2.70. The Kier molecular flexibility index (Phi) is 0.727. The molecule has 1 saturated heterocycles. The van der Waals surface area contributed by atoms with Crippen LogP contribution in [0, 0.1) is 0 Å². The van der Waals surface area contributed by atoms with Crippen molar-refractivity contribution >= 4 is 6.08 Å². The van der Waals surface area contributed by atoms with Crippen LogP contribution in [0.15, 0.2) is 24.4 Å². The molecule has 0 N–H and O–H groups in total. The van der Waals surface area contributed by atoms with Crippen LogP contribution in [0.3, 0.4) is 0 Å². The summed E-state index contributed by atoms with van der Waals surface area (Å²) in [7, 11) is 0. The summed E-state index contributed by atoms with van der Waals surface area (Å²) < 4.78 is 13.1. The van der Waals surface area contributed by atoms with Gasteiger partial charge in [-0.1, -0.05) is 12.1 Å². The van der Waals surface area contributed by atoms with Gasteiger partial charge in [-0.05, 0) is 12.1 Å². The van der Waals surface area contributed by atoms with Crippen LogP contribution >= 0.6 is 0 Å². The SMILES string of the molecule is [2H]C12OC1C=Cc1ncccc12. The van der Waals surface area contributed by atoms with Crippen LogP contribution < -0.4 is 0 Å². The second kappa shape index (κ2) is 1.71. The standard InChI is InChI=1S/C9H7NO/c1-2-6-7(10-5-1)3-4-8-9(6)11-8/h1-5,8-9H/i9D. The van der Waals surface area contributed by atoms with Crippen molar-refractivity contribution in [2.45, 2.75) is 12.2 Å². The van der Waals surface area contributed by atoms with Gasteiger partial charge in [0.05, 0.1) is 7.06 Å². The monoisotopic (exact) mass is 146 g/mol. The Labute approximate surface area is 65.9 Å². The molecule has 1 aliphatic carbocycles. The van der Waals surface area contributed by atoms with Gasteiger partial charge in [0.25, 0.3) is 0 Å². The highest BCUT2D eigenvalue weighted by Crippen LogP contribution is 2.43. The lowest BCUT2D eigenvalue weighted by Gasteiger charge is -2.03. The summed E-state index contributed by atoms with van der Waals surface area (Å²) in [5, 5.41) is 0. The number of aromatic nitrogens is 1. The minimum atomic E-state index is -0.821. The molecular formula is C9H7NO. The van der Waals surface area contributed by atoms with Crippen molar-refractivity contribution in [3.63, 3.8) is 0 Å². The lowest BCUT2D eigenvalue weighted by molar-refractivity contribution is 0.395. The molecule has 1 fully saturated rings. The number of hydrogen-bond acceptors (Lipinski definition) is 2. The van der Waals surface area contributed by atoms with Crippen molar-refractivity contribution in [3.8, 4) is 0 Å². The maximum atomic E-state index is 7.87. The third-order valence-electron chi connectivity index (χ3n) is 1.99. The minimum Gasteiger partial charge on any atom is -0.360 e. The Balaban J connectivity index is 2.27. The summed E-state index contributed by atoms with van der Waals surface area (Å²) in [5.74, 6) is 0. The summed E-state index contributed by atoms with van der Waals surface area (Å²) in [6.45, 7) is 0. The maximum Gasteiger partial charge on any atom is 0.115 e. The van der Waals surface area contributed by atoms with E-state index in [0.29, 0.717) is 0 Å². The molecule has 1 aromatic heterocycles. The number of ether oxygens (including phenoxy) is 1. The fourth-order valence-electron chi connectivity index (χ4n) is 1.38. The van der Waals surface area contributed by atoms with Gasteiger partial charge in [-0.15, -0.1) is 0 Å². The molecule has 0 spiro atoms. The number of epoxide rings is 1. The number of nitrogens with zero attached hydrogens (tertiary/aromatic N) is 1. The largest absolute Gasteiger partial charge is 0.360 e. The maximum absolute atomic E-state index is 7.87. The molecule has 1 aliphatic heterocycles. The zero-order valence-corrected chi connectivity index (χ0v) is 5.82. The molecule has 3 rings (SSSR count). The van der Waals surface area contributed by atoms with Gasteiger partial charge in [-0.2, -0.15) is 0 Å². The first-order chi connectivity index (χ1) is 5.81. The Morgan fingerprint density at radius 2 is 2.64 bits per heavy atom. The van der Waals surface area contributed by atoms with Crippen LogP contribution in [0.5, 0.6) is 0 Å². The van der Waals surface area contributed by atoms with Crippen molar-refractivity contribution in [1.29, 1.82) is 0 Å². The minimum absolute atomic E-state index is 0.0470. The first-order valence-electron chi connectivity index (χ1n) is 4.12. The molecule has 0 aromatic carbocycles. The van der Waals surface area contributed by atoms with E-state index in [4.69, 9.17) is 6.11 Å². The summed E-state index contributed by atoms with van der Waals surface area (Å²) in [6, 6.07) is 3.74. The van der Waals surface area contributed by atoms with Crippen molar-refractivity contribution in [1.82, 2.24) is 4.98 Å². The number of hydrogen-bond donors (Lipinski definition) is 0. The summed E-state index contributed by atoms with van der Waals surface area (Å²) in [6.07, 6.45) is 4.67. The predicted octanol–water partition coefficient (Wildman–Crippen LogP) is 1.55. The van der Waals surface area contributed by atoms with E-state index in [1.165, 1.54) is 0 Å². The molecule has 1 aromatic rings. The first kappa shape index (κ1) is 4.67. The average molecular weight is 146 g/mol. The van der Waals surface area contributed by atoms with Gasteiger partial charge in [0.2, 0.25) is 0 Å². The highest BCUT2D eigenvalue weighted by molar-refractivity contribution is 5.56. The molecule has 2 nitrogen and oxygen atoms in total. The fourth-order valence-corrected chi connectivity index (χ4v) is 1.38. The molecule has 11 heavy (non-hydrogen) atoms. The zero-order valence-electron chi connectivity index (χ0n) is 6.82. The summed E-state index contributed by atoms with van der Waals surface area (Å²) in [5.41, 5.74) is 1.75. The predicted molar refractivity (Wildman–Crippen MR) is 40.9 cm³/mol. The fraction of sp³-hybridized carbons (Fsp3) is 0.222. The average Bonchev–Trinajstić information content (AvgIpc) is 2.78. The third-order valence-corrected chi connectivity index (χ3v) is 1.99. The number of pyridine rings is 1. The first-order valence-corrected chi connectivity index (χ1v) is 3.62. The van der Waals surface area contributed by atoms with Gasteiger partial charge in [-0.25, -0.2) is 0 Å². The second-order valence-electron chi connectivity index (χ2n) is 2.70. The van der Waals surface area contributed by atoms with E-state index in [1.54, 1.807) is 6.20 Å². The summed E-state index contributed by atoms with van der Waals surface area (Å²) >= 11 is 0. The van der Waals surface area contributed by atoms with Gasteiger partial charge in [0, 0.05) is 11.8 Å². The molecule has 0 radical (unpaired) electrons.